The van der Waals surface area contributed by atoms with E-state index in [1.807, 2.05) is 6.08 Å². The van der Waals surface area contributed by atoms with Gasteiger partial charge in [-0.3, -0.25) is 4.79 Å². The predicted molar refractivity (Wildman–Crippen MR) is 240 cm³/mol. The standard InChI is InChI=1S/C49H95NO8/c1-3-5-7-9-11-13-15-17-19-21-23-25-27-29-31-33-35-37-39-45(53)50-42(41-57-49-48(56)47(55)46(54)44(40-51)58-49)43(52)38-36-34-32-30-28-26-24-22-20-18-16-14-12-10-8-6-4-2/h36,38,42-44,46-49,51-52,54-56H,3-35,37,39-41H2,1-2H3,(H,50,53)/b38-36+. The third-order valence-electron chi connectivity index (χ3n) is 12.1. The van der Waals surface area contributed by atoms with Crippen molar-refractivity contribution < 1.29 is 39.8 Å². The molecule has 7 atom stereocenters. The van der Waals surface area contributed by atoms with Gasteiger partial charge in [0.05, 0.1) is 25.4 Å². The van der Waals surface area contributed by atoms with Gasteiger partial charge in [-0.15, -0.1) is 0 Å². The molecule has 58 heavy (non-hydrogen) atoms. The predicted octanol–water partition coefficient (Wildman–Crippen LogP) is 10.9. The zero-order chi connectivity index (χ0) is 42.3. The first-order valence-electron chi connectivity index (χ1n) is 24.9. The lowest BCUT2D eigenvalue weighted by Gasteiger charge is -2.40. The number of aliphatic hydroxyl groups is 5. The summed E-state index contributed by atoms with van der Waals surface area (Å²) in [5.74, 6) is -0.172. The molecular weight excluding hydrogens is 731 g/mol. The number of rotatable bonds is 42. The van der Waals surface area contributed by atoms with Gasteiger partial charge in [0.25, 0.3) is 0 Å². The second kappa shape index (κ2) is 40.0. The van der Waals surface area contributed by atoms with E-state index >= 15 is 0 Å². The molecule has 1 fully saturated rings. The van der Waals surface area contributed by atoms with Crippen LogP contribution in [0.15, 0.2) is 12.2 Å². The summed E-state index contributed by atoms with van der Waals surface area (Å²) < 4.78 is 11.2. The molecule has 0 aliphatic carbocycles. The Morgan fingerprint density at radius 1 is 0.569 bits per heavy atom. The lowest BCUT2D eigenvalue weighted by atomic mass is 9.99. The van der Waals surface area contributed by atoms with E-state index in [2.05, 4.69) is 19.2 Å². The van der Waals surface area contributed by atoms with Crippen LogP contribution in [0.1, 0.15) is 239 Å². The molecule has 0 aromatic carbocycles. The van der Waals surface area contributed by atoms with E-state index in [9.17, 15) is 30.3 Å². The van der Waals surface area contributed by atoms with Gasteiger partial charge in [-0.2, -0.15) is 0 Å². The van der Waals surface area contributed by atoms with Gasteiger partial charge in [0.2, 0.25) is 5.91 Å². The highest BCUT2D eigenvalue weighted by Gasteiger charge is 2.44. The molecule has 0 aromatic rings. The minimum absolute atomic E-state index is 0.172. The first kappa shape index (κ1) is 54.9. The van der Waals surface area contributed by atoms with Crippen molar-refractivity contribution >= 4 is 5.91 Å². The maximum Gasteiger partial charge on any atom is 0.220 e. The van der Waals surface area contributed by atoms with E-state index < -0.39 is 49.5 Å². The number of amides is 1. The lowest BCUT2D eigenvalue weighted by Crippen LogP contribution is -2.60. The van der Waals surface area contributed by atoms with Crippen LogP contribution in [0, 0.1) is 0 Å². The molecule has 1 aliphatic heterocycles. The highest BCUT2D eigenvalue weighted by molar-refractivity contribution is 5.76. The van der Waals surface area contributed by atoms with E-state index in [0.717, 1.165) is 38.5 Å². The van der Waals surface area contributed by atoms with Crippen molar-refractivity contribution in [3.63, 3.8) is 0 Å². The normalized spacial score (nSPS) is 20.8. The van der Waals surface area contributed by atoms with Crippen LogP contribution in [0.25, 0.3) is 0 Å². The lowest BCUT2D eigenvalue weighted by molar-refractivity contribution is -0.302. The fourth-order valence-electron chi connectivity index (χ4n) is 8.10. The molecule has 1 amide bonds. The van der Waals surface area contributed by atoms with Crippen LogP contribution in [0.4, 0.5) is 0 Å². The fraction of sp³-hybridized carbons (Fsp3) is 0.939. The van der Waals surface area contributed by atoms with E-state index in [4.69, 9.17) is 9.47 Å². The Bertz CT molecular complexity index is 919. The zero-order valence-electron chi connectivity index (χ0n) is 37.8. The van der Waals surface area contributed by atoms with E-state index in [1.165, 1.54) is 180 Å². The molecular formula is C49H95NO8. The van der Waals surface area contributed by atoms with Gasteiger partial charge in [0.1, 0.15) is 24.4 Å². The van der Waals surface area contributed by atoms with Crippen molar-refractivity contribution in [3.05, 3.63) is 12.2 Å². The third kappa shape index (κ3) is 30.0. The van der Waals surface area contributed by atoms with Crippen molar-refractivity contribution in [3.8, 4) is 0 Å². The topological polar surface area (TPSA) is 149 Å². The largest absolute Gasteiger partial charge is 0.394 e. The summed E-state index contributed by atoms with van der Waals surface area (Å²) >= 11 is 0. The molecule has 0 saturated carbocycles. The highest BCUT2D eigenvalue weighted by Crippen LogP contribution is 2.23. The number of nitrogens with one attached hydrogen (secondary N) is 1. The number of unbranched alkanes of at least 4 members (excludes halogenated alkanes) is 32. The molecule has 0 bridgehead atoms. The Morgan fingerprint density at radius 2 is 0.948 bits per heavy atom. The smallest absolute Gasteiger partial charge is 0.220 e. The first-order valence-corrected chi connectivity index (χ1v) is 24.9. The molecule has 0 aromatic heterocycles. The Labute approximate surface area is 356 Å². The minimum atomic E-state index is -1.56. The second-order valence-electron chi connectivity index (χ2n) is 17.6. The quantitative estimate of drug-likeness (QED) is 0.0263. The summed E-state index contributed by atoms with van der Waals surface area (Å²) in [5.41, 5.74) is 0. The number of hydrogen-bond donors (Lipinski definition) is 6. The monoisotopic (exact) mass is 826 g/mol. The van der Waals surface area contributed by atoms with Gasteiger partial charge in [-0.05, 0) is 19.3 Å². The Morgan fingerprint density at radius 3 is 1.34 bits per heavy atom. The molecule has 1 heterocycles. The van der Waals surface area contributed by atoms with Crippen molar-refractivity contribution in [2.75, 3.05) is 13.2 Å². The Balaban J connectivity index is 2.31. The van der Waals surface area contributed by atoms with Crippen LogP contribution in [0.2, 0.25) is 0 Å². The van der Waals surface area contributed by atoms with Crippen LogP contribution >= 0.6 is 0 Å². The maximum atomic E-state index is 13.0. The van der Waals surface area contributed by atoms with Gasteiger partial charge in [0, 0.05) is 6.42 Å². The van der Waals surface area contributed by atoms with Crippen LogP contribution in [0.5, 0.6) is 0 Å². The molecule has 0 spiro atoms. The summed E-state index contributed by atoms with van der Waals surface area (Å²) in [4.78, 5) is 13.0. The SMILES string of the molecule is CCCCCCCCCCCCCCCCC/C=C/C(O)C(COC1OC(CO)C(O)C(O)C1O)NC(=O)CCCCCCCCCCCCCCCCCCCC. The van der Waals surface area contributed by atoms with Gasteiger partial charge in [0.15, 0.2) is 6.29 Å². The van der Waals surface area contributed by atoms with E-state index in [-0.39, 0.29) is 12.5 Å². The molecule has 9 heteroatoms. The number of ether oxygens (including phenoxy) is 2. The number of aliphatic hydroxyl groups excluding tert-OH is 5. The summed E-state index contributed by atoms with van der Waals surface area (Å²) in [5, 5.41) is 54.3. The van der Waals surface area contributed by atoms with Crippen molar-refractivity contribution in [2.45, 2.75) is 281 Å². The molecule has 9 nitrogen and oxygen atoms in total. The summed E-state index contributed by atoms with van der Waals surface area (Å²) in [6, 6.07) is -0.798. The molecule has 0 radical (unpaired) electrons. The molecule has 6 N–H and O–H groups in total. The van der Waals surface area contributed by atoms with Crippen LogP contribution in [0.3, 0.4) is 0 Å². The first-order chi connectivity index (χ1) is 28.3. The van der Waals surface area contributed by atoms with Gasteiger partial charge >= 0.3 is 0 Å². The van der Waals surface area contributed by atoms with Crippen LogP contribution in [-0.2, 0) is 14.3 Å². The summed E-state index contributed by atoms with van der Waals surface area (Å²) in [6.07, 6.45) is 39.7. The van der Waals surface area contributed by atoms with E-state index in [1.54, 1.807) is 6.08 Å². The van der Waals surface area contributed by atoms with Gasteiger partial charge in [-0.1, -0.05) is 225 Å². The van der Waals surface area contributed by atoms with Crippen molar-refractivity contribution in [1.29, 1.82) is 0 Å². The number of hydrogen-bond acceptors (Lipinski definition) is 8. The highest BCUT2D eigenvalue weighted by atomic mass is 16.7. The second-order valence-corrected chi connectivity index (χ2v) is 17.6. The van der Waals surface area contributed by atoms with Gasteiger partial charge in [-0.25, -0.2) is 0 Å². The van der Waals surface area contributed by atoms with E-state index in [0.29, 0.717) is 6.42 Å². The third-order valence-corrected chi connectivity index (χ3v) is 12.1. The number of carbonyl (C=O) groups excluding carboxylic acids is 1. The molecule has 344 valence electrons. The Hall–Kier alpha value is -1.07. The number of allylic oxidation sites excluding steroid dienone is 1. The minimum Gasteiger partial charge on any atom is -0.394 e. The fourth-order valence-corrected chi connectivity index (χ4v) is 8.10. The molecule has 1 saturated heterocycles. The van der Waals surface area contributed by atoms with Gasteiger partial charge < -0.3 is 40.3 Å². The average Bonchev–Trinajstić information content (AvgIpc) is 3.22. The summed E-state index contributed by atoms with van der Waals surface area (Å²) in [7, 11) is 0. The average molecular weight is 826 g/mol. The van der Waals surface area contributed by atoms with Crippen molar-refractivity contribution in [2.24, 2.45) is 0 Å². The molecule has 1 aliphatic rings. The summed E-state index contributed by atoms with van der Waals surface area (Å²) in [6.45, 7) is 3.80. The van der Waals surface area contributed by atoms with Crippen molar-refractivity contribution in [1.82, 2.24) is 5.32 Å². The Kier molecular flexibility index (Phi) is 37.9. The maximum absolute atomic E-state index is 13.0. The number of carbonyl (C=O) groups is 1. The zero-order valence-corrected chi connectivity index (χ0v) is 37.8. The molecule has 1 rings (SSSR count). The van der Waals surface area contributed by atoms with Crippen LogP contribution < -0.4 is 5.32 Å². The molecule has 7 unspecified atom stereocenters. The van der Waals surface area contributed by atoms with Crippen LogP contribution in [-0.4, -0.2) is 87.5 Å².